The first-order chi connectivity index (χ1) is 8.44. The lowest BCUT2D eigenvalue weighted by Gasteiger charge is -2.14. The molecule has 0 bridgehead atoms. The maximum absolute atomic E-state index is 11.3. The Hall–Kier alpha value is -1.34. The minimum atomic E-state index is -2.90. The Bertz CT molecular complexity index is 540. The van der Waals surface area contributed by atoms with Crippen LogP contribution in [0.25, 0.3) is 0 Å². The van der Waals surface area contributed by atoms with Crippen molar-refractivity contribution in [3.8, 4) is 5.75 Å². The smallest absolute Gasteiger partial charge is 0.171 e. The number of hydrogen-bond donors (Lipinski definition) is 3. The summed E-state index contributed by atoms with van der Waals surface area (Å²) in [5.74, 6) is 0.526. The Balaban J connectivity index is 1.88. The van der Waals surface area contributed by atoms with E-state index in [0.717, 1.165) is 5.69 Å². The molecule has 3 N–H and O–H groups in total. The van der Waals surface area contributed by atoms with E-state index in [-0.39, 0.29) is 23.3 Å². The Labute approximate surface area is 111 Å². The highest BCUT2D eigenvalue weighted by molar-refractivity contribution is 7.91. The molecule has 1 heterocycles. The van der Waals surface area contributed by atoms with E-state index in [0.29, 0.717) is 11.5 Å². The fourth-order valence-corrected chi connectivity index (χ4v) is 3.76. The molecule has 1 fully saturated rings. The van der Waals surface area contributed by atoms with Crippen molar-refractivity contribution < 1.29 is 13.5 Å². The molecule has 0 amide bonds. The van der Waals surface area contributed by atoms with Gasteiger partial charge in [-0.2, -0.15) is 0 Å². The van der Waals surface area contributed by atoms with Crippen molar-refractivity contribution in [3.63, 3.8) is 0 Å². The van der Waals surface area contributed by atoms with Gasteiger partial charge in [0, 0.05) is 11.7 Å². The van der Waals surface area contributed by atoms with Crippen LogP contribution in [0.15, 0.2) is 24.3 Å². The summed E-state index contributed by atoms with van der Waals surface area (Å²) >= 11 is 5.10. The number of hydrogen-bond acceptors (Lipinski definition) is 4. The minimum absolute atomic E-state index is 0.118. The molecule has 2 rings (SSSR count). The fraction of sp³-hybridized carbons (Fsp3) is 0.364. The van der Waals surface area contributed by atoms with Crippen LogP contribution in [0, 0.1) is 0 Å². The zero-order valence-electron chi connectivity index (χ0n) is 9.59. The van der Waals surface area contributed by atoms with Gasteiger partial charge < -0.3 is 15.7 Å². The van der Waals surface area contributed by atoms with Gasteiger partial charge in [0.25, 0.3) is 0 Å². The summed E-state index contributed by atoms with van der Waals surface area (Å²) in [6, 6.07) is 6.35. The lowest BCUT2D eigenvalue weighted by molar-refractivity contribution is 0.475. The first kappa shape index (κ1) is 13.1. The Kier molecular flexibility index (Phi) is 3.72. The number of benzene rings is 1. The van der Waals surface area contributed by atoms with Gasteiger partial charge in [-0.1, -0.05) is 0 Å². The zero-order chi connectivity index (χ0) is 13.2. The second-order valence-corrected chi connectivity index (χ2v) is 6.88. The van der Waals surface area contributed by atoms with Crippen LogP contribution < -0.4 is 10.6 Å². The molecule has 1 saturated heterocycles. The van der Waals surface area contributed by atoms with Gasteiger partial charge in [-0.15, -0.1) is 0 Å². The van der Waals surface area contributed by atoms with E-state index >= 15 is 0 Å². The van der Waals surface area contributed by atoms with Crippen molar-refractivity contribution in [2.24, 2.45) is 0 Å². The molecule has 0 saturated carbocycles. The molecule has 1 aliphatic rings. The first-order valence-corrected chi connectivity index (χ1v) is 7.74. The molecule has 0 unspecified atom stereocenters. The third kappa shape index (κ3) is 3.58. The van der Waals surface area contributed by atoms with E-state index in [1.165, 1.54) is 0 Å². The maximum Gasteiger partial charge on any atom is 0.171 e. The number of nitrogens with one attached hydrogen (secondary N) is 2. The van der Waals surface area contributed by atoms with E-state index in [1.54, 1.807) is 24.3 Å². The largest absolute Gasteiger partial charge is 0.508 e. The molecule has 1 atom stereocenters. The van der Waals surface area contributed by atoms with Crippen LogP contribution in [-0.2, 0) is 9.84 Å². The van der Waals surface area contributed by atoms with Gasteiger partial charge in [-0.05, 0) is 42.9 Å². The summed E-state index contributed by atoms with van der Waals surface area (Å²) in [6.45, 7) is 0. The molecule has 98 valence electrons. The van der Waals surface area contributed by atoms with Gasteiger partial charge >= 0.3 is 0 Å². The lowest BCUT2D eigenvalue weighted by atomic mass is 10.3. The summed E-state index contributed by atoms with van der Waals surface area (Å²) in [4.78, 5) is 0. The summed E-state index contributed by atoms with van der Waals surface area (Å²) in [5.41, 5.74) is 0.742. The molecule has 0 aliphatic carbocycles. The van der Waals surface area contributed by atoms with Gasteiger partial charge in [0.1, 0.15) is 5.75 Å². The highest BCUT2D eigenvalue weighted by Gasteiger charge is 2.28. The number of anilines is 1. The quantitative estimate of drug-likeness (QED) is 0.553. The van der Waals surface area contributed by atoms with Crippen molar-refractivity contribution in [2.45, 2.75) is 12.5 Å². The molecule has 1 aliphatic heterocycles. The van der Waals surface area contributed by atoms with E-state index in [2.05, 4.69) is 10.6 Å². The lowest BCUT2D eigenvalue weighted by Crippen LogP contribution is -2.38. The molecule has 18 heavy (non-hydrogen) atoms. The molecule has 1 aromatic rings. The summed E-state index contributed by atoms with van der Waals surface area (Å²) in [7, 11) is -2.90. The molecule has 0 radical (unpaired) electrons. The second kappa shape index (κ2) is 5.11. The van der Waals surface area contributed by atoms with Crippen molar-refractivity contribution in [2.75, 3.05) is 16.8 Å². The Morgan fingerprint density at radius 3 is 2.56 bits per heavy atom. The normalized spacial score (nSPS) is 21.4. The van der Waals surface area contributed by atoms with Crippen LogP contribution in [0.2, 0.25) is 0 Å². The van der Waals surface area contributed by atoms with Gasteiger partial charge in [-0.3, -0.25) is 0 Å². The summed E-state index contributed by atoms with van der Waals surface area (Å²) < 4.78 is 22.6. The predicted molar refractivity (Wildman–Crippen MR) is 74.5 cm³/mol. The predicted octanol–water partition coefficient (Wildman–Crippen LogP) is 0.866. The second-order valence-electron chi connectivity index (χ2n) is 4.25. The monoisotopic (exact) mass is 286 g/mol. The van der Waals surface area contributed by atoms with Crippen molar-refractivity contribution in [1.29, 1.82) is 0 Å². The van der Waals surface area contributed by atoms with Crippen LogP contribution in [-0.4, -0.2) is 36.2 Å². The number of phenols is 1. The standard InChI is InChI=1S/C11H14N2O3S2/c14-10-3-1-8(2-4-10)12-11(17)13-9-5-6-18(15,16)7-9/h1-4,9,14H,5-7H2,(H2,12,13,17)/t9-/m1/s1. The van der Waals surface area contributed by atoms with Crippen LogP contribution in [0.5, 0.6) is 5.75 Å². The van der Waals surface area contributed by atoms with Gasteiger partial charge in [0.2, 0.25) is 0 Å². The van der Waals surface area contributed by atoms with Crippen molar-refractivity contribution in [1.82, 2.24) is 5.32 Å². The van der Waals surface area contributed by atoms with Crippen LogP contribution >= 0.6 is 12.2 Å². The average molecular weight is 286 g/mol. The number of rotatable bonds is 2. The highest BCUT2D eigenvalue weighted by atomic mass is 32.2. The van der Waals surface area contributed by atoms with E-state index in [1.807, 2.05) is 0 Å². The molecular weight excluding hydrogens is 272 g/mol. The Morgan fingerprint density at radius 1 is 1.33 bits per heavy atom. The SMILES string of the molecule is O=S1(=O)CC[C@@H](NC(=S)Nc2ccc(O)cc2)C1. The van der Waals surface area contributed by atoms with E-state index in [9.17, 15) is 8.42 Å². The van der Waals surface area contributed by atoms with E-state index < -0.39 is 9.84 Å². The number of thiocarbonyl (C=S) groups is 1. The van der Waals surface area contributed by atoms with Gasteiger partial charge in [0.15, 0.2) is 14.9 Å². The molecule has 7 heteroatoms. The molecule has 0 aromatic heterocycles. The van der Waals surface area contributed by atoms with Gasteiger partial charge in [-0.25, -0.2) is 8.42 Å². The van der Waals surface area contributed by atoms with Crippen LogP contribution in [0.1, 0.15) is 6.42 Å². The minimum Gasteiger partial charge on any atom is -0.508 e. The number of aromatic hydroxyl groups is 1. The fourth-order valence-electron chi connectivity index (χ4n) is 1.81. The average Bonchev–Trinajstić information content (AvgIpc) is 2.61. The molecule has 0 spiro atoms. The molecule has 5 nitrogen and oxygen atoms in total. The third-order valence-electron chi connectivity index (χ3n) is 2.69. The Morgan fingerprint density at radius 2 is 2.00 bits per heavy atom. The highest BCUT2D eigenvalue weighted by Crippen LogP contribution is 2.14. The maximum atomic E-state index is 11.3. The van der Waals surface area contributed by atoms with Crippen molar-refractivity contribution in [3.05, 3.63) is 24.3 Å². The molecular formula is C11H14N2O3S2. The summed E-state index contributed by atoms with van der Waals surface area (Å²) in [5, 5.41) is 15.4. The topological polar surface area (TPSA) is 78.4 Å². The summed E-state index contributed by atoms with van der Waals surface area (Å²) in [6.07, 6.45) is 0.583. The van der Waals surface area contributed by atoms with Crippen LogP contribution in [0.4, 0.5) is 5.69 Å². The van der Waals surface area contributed by atoms with Crippen LogP contribution in [0.3, 0.4) is 0 Å². The van der Waals surface area contributed by atoms with Gasteiger partial charge in [0.05, 0.1) is 11.5 Å². The number of phenolic OH excluding ortho intramolecular Hbond substituents is 1. The molecule has 1 aromatic carbocycles. The van der Waals surface area contributed by atoms with Crippen molar-refractivity contribution >= 4 is 32.9 Å². The number of sulfone groups is 1. The third-order valence-corrected chi connectivity index (χ3v) is 4.68. The zero-order valence-corrected chi connectivity index (χ0v) is 11.2. The first-order valence-electron chi connectivity index (χ1n) is 5.51. The van der Waals surface area contributed by atoms with E-state index in [4.69, 9.17) is 17.3 Å².